The van der Waals surface area contributed by atoms with E-state index in [1.54, 1.807) is 54.6 Å². The Morgan fingerprint density at radius 3 is 2.39 bits per heavy atom. The van der Waals surface area contributed by atoms with E-state index in [0.29, 0.717) is 22.6 Å². The predicted octanol–water partition coefficient (Wildman–Crippen LogP) is 3.68. The van der Waals surface area contributed by atoms with Crippen LogP contribution in [0.25, 0.3) is 0 Å². The Kier molecular flexibility index (Phi) is 4.81. The molecule has 2 heterocycles. The monoisotopic (exact) mass is 394 g/mol. The van der Waals surface area contributed by atoms with E-state index < -0.39 is 9.84 Å². The van der Waals surface area contributed by atoms with Crippen molar-refractivity contribution in [3.8, 4) is 0 Å². The quantitative estimate of drug-likeness (QED) is 0.678. The highest BCUT2D eigenvalue weighted by molar-refractivity contribution is 7.90. The molecule has 144 valence electrons. The second-order valence-corrected chi connectivity index (χ2v) is 9.06. The molecule has 0 aliphatic carbocycles. The molecule has 1 aliphatic heterocycles. The maximum atomic E-state index is 13.0. The molecule has 6 heteroatoms. The normalized spacial score (nSPS) is 16.6. The van der Waals surface area contributed by atoms with Gasteiger partial charge in [0.1, 0.15) is 0 Å². The lowest BCUT2D eigenvalue weighted by atomic mass is 10.1. The summed E-state index contributed by atoms with van der Waals surface area (Å²) in [5.74, 6) is -0.114. The van der Waals surface area contributed by atoms with Gasteiger partial charge in [0.05, 0.1) is 16.7 Å². The van der Waals surface area contributed by atoms with E-state index in [4.69, 9.17) is 0 Å². The molecule has 0 spiro atoms. The summed E-state index contributed by atoms with van der Waals surface area (Å²) in [6, 6.07) is 19.4. The minimum absolute atomic E-state index is 0.00869. The number of rotatable bonds is 4. The van der Waals surface area contributed by atoms with Crippen LogP contribution < -0.4 is 0 Å². The van der Waals surface area contributed by atoms with E-state index in [2.05, 4.69) is 4.57 Å². The minimum atomic E-state index is -3.40. The lowest BCUT2D eigenvalue weighted by Gasteiger charge is -2.35. The largest absolute Gasteiger partial charge is 0.348 e. The van der Waals surface area contributed by atoms with Gasteiger partial charge in [0, 0.05) is 30.5 Å². The zero-order chi connectivity index (χ0) is 19.7. The average molecular weight is 394 g/mol. The molecule has 0 bridgehead atoms. The molecule has 0 fully saturated rings. The van der Waals surface area contributed by atoms with Crippen molar-refractivity contribution < 1.29 is 13.2 Å². The smallest absolute Gasteiger partial charge is 0.254 e. The van der Waals surface area contributed by atoms with Crippen molar-refractivity contribution in [2.75, 3.05) is 6.54 Å². The van der Waals surface area contributed by atoms with E-state index in [-0.39, 0.29) is 17.7 Å². The number of carbonyl (C=O) groups is 1. The first-order valence-electron chi connectivity index (χ1n) is 9.28. The molecular formula is C22H22N2O3S. The third-order valence-corrected chi connectivity index (χ3v) is 6.97. The molecule has 1 atom stereocenters. The van der Waals surface area contributed by atoms with Gasteiger partial charge in [-0.25, -0.2) is 8.42 Å². The first-order valence-corrected chi connectivity index (χ1v) is 10.9. The number of hydrogen-bond donors (Lipinski definition) is 0. The van der Waals surface area contributed by atoms with Gasteiger partial charge in [0.15, 0.2) is 9.84 Å². The molecule has 0 saturated heterocycles. The fraction of sp³-hybridized carbons (Fsp3) is 0.227. The van der Waals surface area contributed by atoms with Gasteiger partial charge in [-0.05, 0) is 48.9 Å². The van der Waals surface area contributed by atoms with Crippen molar-refractivity contribution in [3.63, 3.8) is 0 Å². The SMILES string of the molecule is CC1c2cccn2CCN1C(=O)c1ccc(CS(=O)(=O)c2ccccc2)cc1. The second-order valence-electron chi connectivity index (χ2n) is 7.07. The van der Waals surface area contributed by atoms with Crippen LogP contribution in [0.3, 0.4) is 0 Å². The van der Waals surface area contributed by atoms with Gasteiger partial charge < -0.3 is 9.47 Å². The number of benzene rings is 2. The fourth-order valence-corrected chi connectivity index (χ4v) is 5.07. The maximum absolute atomic E-state index is 13.0. The summed E-state index contributed by atoms with van der Waals surface area (Å²) in [6.45, 7) is 3.47. The Morgan fingerprint density at radius 1 is 0.964 bits per heavy atom. The van der Waals surface area contributed by atoms with Crippen LogP contribution in [0, 0.1) is 0 Å². The van der Waals surface area contributed by atoms with Crippen LogP contribution in [0.1, 0.15) is 34.6 Å². The molecule has 2 aromatic carbocycles. The molecule has 4 rings (SSSR count). The van der Waals surface area contributed by atoms with Gasteiger partial charge in [-0.2, -0.15) is 0 Å². The third-order valence-electron chi connectivity index (χ3n) is 5.26. The molecule has 1 aromatic heterocycles. The molecule has 1 aliphatic rings. The van der Waals surface area contributed by atoms with Crippen molar-refractivity contribution in [3.05, 3.63) is 89.7 Å². The third kappa shape index (κ3) is 3.47. The van der Waals surface area contributed by atoms with Gasteiger partial charge in [0.25, 0.3) is 5.91 Å². The number of carbonyl (C=O) groups excluding carboxylic acids is 1. The van der Waals surface area contributed by atoms with Crippen LogP contribution in [-0.2, 0) is 22.1 Å². The highest BCUT2D eigenvalue weighted by Gasteiger charge is 2.28. The zero-order valence-electron chi connectivity index (χ0n) is 15.7. The van der Waals surface area contributed by atoms with Crippen LogP contribution in [0.5, 0.6) is 0 Å². The molecule has 28 heavy (non-hydrogen) atoms. The van der Waals surface area contributed by atoms with Crippen molar-refractivity contribution >= 4 is 15.7 Å². The molecule has 0 saturated carbocycles. The summed E-state index contributed by atoms with van der Waals surface area (Å²) in [7, 11) is -3.40. The Morgan fingerprint density at radius 2 is 1.68 bits per heavy atom. The molecule has 0 radical (unpaired) electrons. The summed E-state index contributed by atoms with van der Waals surface area (Å²) < 4.78 is 27.2. The number of sulfone groups is 1. The van der Waals surface area contributed by atoms with E-state index in [0.717, 1.165) is 12.2 Å². The van der Waals surface area contributed by atoms with Crippen LogP contribution >= 0.6 is 0 Å². The number of aromatic nitrogens is 1. The predicted molar refractivity (Wildman–Crippen MR) is 108 cm³/mol. The van der Waals surface area contributed by atoms with Gasteiger partial charge in [-0.3, -0.25) is 4.79 Å². The molecule has 1 unspecified atom stereocenters. The number of hydrogen-bond acceptors (Lipinski definition) is 3. The van der Waals surface area contributed by atoms with Gasteiger partial charge in [0.2, 0.25) is 0 Å². The first-order chi connectivity index (χ1) is 13.5. The van der Waals surface area contributed by atoms with E-state index in [1.807, 2.05) is 30.2 Å². The Bertz CT molecular complexity index is 1090. The summed E-state index contributed by atoms with van der Waals surface area (Å²) in [5.41, 5.74) is 2.37. The van der Waals surface area contributed by atoms with Crippen LogP contribution in [0.15, 0.2) is 77.8 Å². The van der Waals surface area contributed by atoms with Crippen molar-refractivity contribution in [2.45, 2.75) is 30.2 Å². The Labute approximate surface area is 165 Å². The summed E-state index contributed by atoms with van der Waals surface area (Å²) in [6.07, 6.45) is 2.04. The van der Waals surface area contributed by atoms with Crippen LogP contribution in [0.2, 0.25) is 0 Å². The van der Waals surface area contributed by atoms with Crippen LogP contribution in [-0.4, -0.2) is 30.3 Å². The van der Waals surface area contributed by atoms with E-state index in [1.165, 1.54) is 0 Å². The number of amides is 1. The first kappa shape index (κ1) is 18.5. The van der Waals surface area contributed by atoms with Crippen molar-refractivity contribution in [1.82, 2.24) is 9.47 Å². The molecule has 1 amide bonds. The standard InChI is InChI=1S/C22H22N2O3S/c1-17-21-8-5-13-23(21)14-15-24(17)22(25)19-11-9-18(10-12-19)16-28(26,27)20-6-3-2-4-7-20/h2-13,17H,14-16H2,1H3. The van der Waals surface area contributed by atoms with Gasteiger partial charge in [-0.1, -0.05) is 30.3 Å². The second kappa shape index (κ2) is 7.28. The van der Waals surface area contributed by atoms with Crippen LogP contribution in [0.4, 0.5) is 0 Å². The van der Waals surface area contributed by atoms with Gasteiger partial charge >= 0.3 is 0 Å². The summed E-state index contributed by atoms with van der Waals surface area (Å²) in [5, 5.41) is 0. The van der Waals surface area contributed by atoms with Crippen molar-refractivity contribution in [1.29, 1.82) is 0 Å². The van der Waals surface area contributed by atoms with Crippen molar-refractivity contribution in [2.24, 2.45) is 0 Å². The fourth-order valence-electron chi connectivity index (χ4n) is 3.70. The Balaban J connectivity index is 1.50. The van der Waals surface area contributed by atoms with Gasteiger partial charge in [-0.15, -0.1) is 0 Å². The Hall–Kier alpha value is -2.86. The van der Waals surface area contributed by atoms with E-state index in [9.17, 15) is 13.2 Å². The average Bonchev–Trinajstić information content (AvgIpc) is 3.19. The topological polar surface area (TPSA) is 59.4 Å². The maximum Gasteiger partial charge on any atom is 0.254 e. The minimum Gasteiger partial charge on any atom is -0.348 e. The molecule has 5 nitrogen and oxygen atoms in total. The molecule has 3 aromatic rings. The highest BCUT2D eigenvalue weighted by atomic mass is 32.2. The summed E-state index contributed by atoms with van der Waals surface area (Å²) in [4.78, 5) is 15.1. The number of fused-ring (bicyclic) bond motifs is 1. The summed E-state index contributed by atoms with van der Waals surface area (Å²) >= 11 is 0. The lowest BCUT2D eigenvalue weighted by Crippen LogP contribution is -2.40. The van der Waals surface area contributed by atoms with E-state index >= 15 is 0 Å². The molecular weight excluding hydrogens is 372 g/mol. The highest BCUT2D eigenvalue weighted by Crippen LogP contribution is 2.27. The molecule has 0 N–H and O–H groups in total. The zero-order valence-corrected chi connectivity index (χ0v) is 16.5. The lowest BCUT2D eigenvalue weighted by molar-refractivity contribution is 0.0644. The number of nitrogens with zero attached hydrogens (tertiary/aromatic N) is 2.